The minimum absolute atomic E-state index is 0.161. The zero-order valence-electron chi connectivity index (χ0n) is 16.9. The minimum Gasteiger partial charge on any atom is -0.384 e. The van der Waals surface area contributed by atoms with Gasteiger partial charge in [-0.2, -0.15) is 0 Å². The number of hydrogen-bond acceptors (Lipinski definition) is 6. The molecule has 29 heavy (non-hydrogen) atoms. The third-order valence-corrected chi connectivity index (χ3v) is 5.31. The number of amides is 2. The van der Waals surface area contributed by atoms with Gasteiger partial charge < -0.3 is 21.3 Å². The first-order valence-electron chi connectivity index (χ1n) is 10.3. The van der Waals surface area contributed by atoms with E-state index >= 15 is 0 Å². The zero-order valence-corrected chi connectivity index (χ0v) is 16.9. The Kier molecular flexibility index (Phi) is 5.92. The van der Waals surface area contributed by atoms with Crippen molar-refractivity contribution in [3.8, 4) is 11.4 Å². The summed E-state index contributed by atoms with van der Waals surface area (Å²) in [5, 5.41) is 5.76. The molecule has 0 bridgehead atoms. The Bertz CT molecular complexity index is 851. The first kappa shape index (κ1) is 19.6. The van der Waals surface area contributed by atoms with E-state index in [2.05, 4.69) is 32.5 Å². The van der Waals surface area contributed by atoms with Crippen LogP contribution in [0.1, 0.15) is 25.0 Å². The number of nitrogens with two attached hydrogens (primary N) is 1. The van der Waals surface area contributed by atoms with Crippen LogP contribution in [0.5, 0.6) is 0 Å². The first-order valence-corrected chi connectivity index (χ1v) is 10.3. The van der Waals surface area contributed by atoms with E-state index in [1.807, 2.05) is 30.3 Å². The standard InChI is InChI=1S/C21H29N7O/c1-27-9-2-10-28(12-11-27)14-18-13-19(22)26-20(23-18)15-3-5-16(6-4-15)24-21(29)25-17-7-8-17/h3-6,13,17H,2,7-12,14H2,1H3,(H2,22,23,26)(H2,24,25,29). The smallest absolute Gasteiger partial charge is 0.319 e. The largest absolute Gasteiger partial charge is 0.384 e. The van der Waals surface area contributed by atoms with Crippen molar-refractivity contribution >= 4 is 17.5 Å². The van der Waals surface area contributed by atoms with Gasteiger partial charge in [0, 0.05) is 43.0 Å². The van der Waals surface area contributed by atoms with Crippen LogP contribution in [-0.4, -0.2) is 65.1 Å². The monoisotopic (exact) mass is 395 g/mol. The van der Waals surface area contributed by atoms with Gasteiger partial charge in [0.05, 0.1) is 5.69 Å². The topological polar surface area (TPSA) is 99.4 Å². The quantitative estimate of drug-likeness (QED) is 0.717. The minimum atomic E-state index is -0.161. The number of anilines is 2. The van der Waals surface area contributed by atoms with Gasteiger partial charge in [0.1, 0.15) is 5.82 Å². The van der Waals surface area contributed by atoms with Gasteiger partial charge in [-0.1, -0.05) is 0 Å². The molecule has 0 unspecified atom stereocenters. The molecular formula is C21H29N7O. The van der Waals surface area contributed by atoms with Crippen molar-refractivity contribution in [3.05, 3.63) is 36.0 Å². The molecule has 2 amide bonds. The Labute approximate surface area is 171 Å². The second-order valence-electron chi connectivity index (χ2n) is 7.99. The van der Waals surface area contributed by atoms with Gasteiger partial charge in [-0.05, 0) is 63.7 Å². The average Bonchev–Trinajstić information content (AvgIpc) is 3.51. The van der Waals surface area contributed by atoms with Crippen molar-refractivity contribution in [2.75, 3.05) is 44.3 Å². The zero-order chi connectivity index (χ0) is 20.2. The van der Waals surface area contributed by atoms with Crippen LogP contribution in [0.2, 0.25) is 0 Å². The van der Waals surface area contributed by atoms with E-state index in [9.17, 15) is 4.79 Å². The third-order valence-electron chi connectivity index (χ3n) is 5.31. The molecule has 4 rings (SSSR count). The average molecular weight is 396 g/mol. The molecule has 2 fully saturated rings. The van der Waals surface area contributed by atoms with Crippen LogP contribution in [-0.2, 0) is 6.54 Å². The summed E-state index contributed by atoms with van der Waals surface area (Å²) in [6, 6.07) is 9.57. The van der Waals surface area contributed by atoms with Crippen molar-refractivity contribution < 1.29 is 4.79 Å². The summed E-state index contributed by atoms with van der Waals surface area (Å²) >= 11 is 0. The van der Waals surface area contributed by atoms with E-state index in [0.717, 1.165) is 68.9 Å². The number of urea groups is 1. The fourth-order valence-electron chi connectivity index (χ4n) is 3.50. The van der Waals surface area contributed by atoms with Gasteiger partial charge in [0.25, 0.3) is 0 Å². The number of benzene rings is 1. The summed E-state index contributed by atoms with van der Waals surface area (Å²) in [6.45, 7) is 5.06. The van der Waals surface area contributed by atoms with Gasteiger partial charge in [-0.25, -0.2) is 14.8 Å². The second kappa shape index (κ2) is 8.75. The Morgan fingerprint density at radius 3 is 2.69 bits per heavy atom. The molecule has 8 nitrogen and oxygen atoms in total. The lowest BCUT2D eigenvalue weighted by Gasteiger charge is -2.20. The predicted octanol–water partition coefficient (Wildman–Crippen LogP) is 2.15. The van der Waals surface area contributed by atoms with Gasteiger partial charge in [0.2, 0.25) is 0 Å². The Morgan fingerprint density at radius 2 is 1.93 bits per heavy atom. The molecule has 1 aliphatic heterocycles. The molecular weight excluding hydrogens is 366 g/mol. The van der Waals surface area contributed by atoms with Crippen molar-refractivity contribution in [1.82, 2.24) is 25.1 Å². The lowest BCUT2D eigenvalue weighted by atomic mass is 10.2. The molecule has 0 spiro atoms. The molecule has 1 aromatic carbocycles. The third kappa shape index (κ3) is 5.65. The molecule has 1 saturated heterocycles. The fraction of sp³-hybridized carbons (Fsp3) is 0.476. The van der Waals surface area contributed by atoms with Crippen LogP contribution in [0.3, 0.4) is 0 Å². The number of nitrogens with one attached hydrogen (secondary N) is 2. The Hall–Kier alpha value is -2.71. The van der Waals surface area contributed by atoms with Gasteiger partial charge in [0.15, 0.2) is 5.82 Å². The Morgan fingerprint density at radius 1 is 1.14 bits per heavy atom. The van der Waals surface area contributed by atoms with Crippen LogP contribution in [0.4, 0.5) is 16.3 Å². The molecule has 8 heteroatoms. The highest BCUT2D eigenvalue weighted by Crippen LogP contribution is 2.21. The predicted molar refractivity (Wildman–Crippen MR) is 114 cm³/mol. The van der Waals surface area contributed by atoms with Crippen molar-refractivity contribution in [2.45, 2.75) is 31.8 Å². The number of likely N-dealkylation sites (N-methyl/N-ethyl adjacent to an activating group) is 1. The summed E-state index contributed by atoms with van der Waals surface area (Å²) in [4.78, 5) is 25.8. The van der Waals surface area contributed by atoms with Crippen LogP contribution in [0, 0.1) is 0 Å². The number of carbonyl (C=O) groups excluding carboxylic acids is 1. The maximum atomic E-state index is 11.9. The van der Waals surface area contributed by atoms with Crippen LogP contribution >= 0.6 is 0 Å². The van der Waals surface area contributed by atoms with E-state index in [-0.39, 0.29) is 6.03 Å². The molecule has 1 aliphatic carbocycles. The maximum Gasteiger partial charge on any atom is 0.319 e. The van der Waals surface area contributed by atoms with E-state index in [4.69, 9.17) is 10.7 Å². The first-order chi connectivity index (χ1) is 14.0. The summed E-state index contributed by atoms with van der Waals surface area (Å²) in [5.41, 5.74) is 8.61. The summed E-state index contributed by atoms with van der Waals surface area (Å²) in [7, 11) is 2.17. The molecule has 1 saturated carbocycles. The van der Waals surface area contributed by atoms with E-state index in [0.29, 0.717) is 17.7 Å². The van der Waals surface area contributed by atoms with Gasteiger partial charge in [-0.15, -0.1) is 0 Å². The van der Waals surface area contributed by atoms with Crippen molar-refractivity contribution in [1.29, 1.82) is 0 Å². The van der Waals surface area contributed by atoms with Crippen LogP contribution in [0.15, 0.2) is 30.3 Å². The molecule has 154 valence electrons. The number of nitrogens with zero attached hydrogens (tertiary/aromatic N) is 4. The molecule has 2 aromatic rings. The van der Waals surface area contributed by atoms with E-state index in [1.54, 1.807) is 0 Å². The Balaban J connectivity index is 1.43. The van der Waals surface area contributed by atoms with Crippen molar-refractivity contribution in [2.24, 2.45) is 0 Å². The number of hydrogen-bond donors (Lipinski definition) is 3. The number of aromatic nitrogens is 2. The number of nitrogen functional groups attached to an aromatic ring is 1. The summed E-state index contributed by atoms with van der Waals surface area (Å²) < 4.78 is 0. The van der Waals surface area contributed by atoms with E-state index < -0.39 is 0 Å². The highest BCUT2D eigenvalue weighted by Gasteiger charge is 2.23. The molecule has 2 heterocycles. The number of carbonyl (C=O) groups is 1. The molecule has 2 aliphatic rings. The van der Waals surface area contributed by atoms with Crippen LogP contribution < -0.4 is 16.4 Å². The van der Waals surface area contributed by atoms with Gasteiger partial charge >= 0.3 is 6.03 Å². The molecule has 1 aromatic heterocycles. The number of rotatable bonds is 5. The van der Waals surface area contributed by atoms with E-state index in [1.165, 1.54) is 0 Å². The van der Waals surface area contributed by atoms with Crippen LogP contribution in [0.25, 0.3) is 11.4 Å². The fourth-order valence-corrected chi connectivity index (χ4v) is 3.50. The highest BCUT2D eigenvalue weighted by atomic mass is 16.2. The summed E-state index contributed by atoms with van der Waals surface area (Å²) in [6.07, 6.45) is 3.29. The SMILES string of the molecule is CN1CCCN(Cc2cc(N)nc(-c3ccc(NC(=O)NC4CC4)cc3)n2)CC1. The highest BCUT2D eigenvalue weighted by molar-refractivity contribution is 5.89. The second-order valence-corrected chi connectivity index (χ2v) is 7.99. The van der Waals surface area contributed by atoms with Crippen molar-refractivity contribution in [3.63, 3.8) is 0 Å². The molecule has 0 atom stereocenters. The molecule has 4 N–H and O–H groups in total. The maximum absolute atomic E-state index is 11.9. The summed E-state index contributed by atoms with van der Waals surface area (Å²) in [5.74, 6) is 1.09. The lowest BCUT2D eigenvalue weighted by Crippen LogP contribution is -2.30. The normalized spacial score (nSPS) is 18.2. The molecule has 0 radical (unpaired) electrons. The van der Waals surface area contributed by atoms with Gasteiger partial charge in [-0.3, -0.25) is 4.90 Å². The lowest BCUT2D eigenvalue weighted by molar-refractivity contribution is 0.251.